The minimum absolute atomic E-state index is 0.556. The van der Waals surface area contributed by atoms with Crippen molar-refractivity contribution in [1.29, 1.82) is 0 Å². The number of nitrogens with zero attached hydrogens (tertiary/aromatic N) is 1. The Labute approximate surface area is 159 Å². The maximum Gasteiger partial charge on any atom is 0.229 e. The molecule has 1 aliphatic rings. The van der Waals surface area contributed by atoms with Crippen molar-refractivity contribution >= 4 is 27.4 Å². The van der Waals surface area contributed by atoms with Crippen molar-refractivity contribution in [1.82, 2.24) is 4.98 Å². The minimum atomic E-state index is -3.31. The number of pyridine rings is 1. The number of rotatable bonds is 3. The van der Waals surface area contributed by atoms with Crippen LogP contribution in [-0.2, 0) is 22.9 Å². The van der Waals surface area contributed by atoms with Crippen LogP contribution in [0.3, 0.4) is 0 Å². The van der Waals surface area contributed by atoms with Crippen LogP contribution in [0.1, 0.15) is 27.8 Å². The molecule has 0 amide bonds. The largest absolute Gasteiger partial charge is 0.284 e. The highest BCUT2D eigenvalue weighted by Gasteiger charge is 2.18. The van der Waals surface area contributed by atoms with E-state index in [1.807, 2.05) is 30.6 Å². The fourth-order valence-electron chi connectivity index (χ4n) is 3.53. The first-order chi connectivity index (χ1) is 13.0. The van der Waals surface area contributed by atoms with Crippen LogP contribution in [0.2, 0.25) is 0 Å². The molecule has 0 radical (unpaired) electrons. The molecule has 0 spiro atoms. The Morgan fingerprint density at radius 1 is 0.963 bits per heavy atom. The SMILES string of the molecule is CS(=O)(=O)Nc1cccc(C=C2c3ccccc3CCc3ccncc32)c1. The van der Waals surface area contributed by atoms with Gasteiger partial charge in [0.2, 0.25) is 10.0 Å². The molecule has 0 unspecified atom stereocenters. The lowest BCUT2D eigenvalue weighted by atomic mass is 9.93. The van der Waals surface area contributed by atoms with Crippen molar-refractivity contribution < 1.29 is 8.42 Å². The summed E-state index contributed by atoms with van der Waals surface area (Å²) in [7, 11) is -3.31. The van der Waals surface area contributed by atoms with Crippen LogP contribution in [0.5, 0.6) is 0 Å². The van der Waals surface area contributed by atoms with Gasteiger partial charge in [-0.3, -0.25) is 9.71 Å². The van der Waals surface area contributed by atoms with Gasteiger partial charge in [0, 0.05) is 23.6 Å². The van der Waals surface area contributed by atoms with Gasteiger partial charge in [-0.25, -0.2) is 8.42 Å². The van der Waals surface area contributed by atoms with E-state index in [4.69, 9.17) is 0 Å². The summed E-state index contributed by atoms with van der Waals surface area (Å²) in [6.45, 7) is 0. The average Bonchev–Trinajstić information content (AvgIpc) is 2.79. The Morgan fingerprint density at radius 3 is 2.56 bits per heavy atom. The van der Waals surface area contributed by atoms with E-state index >= 15 is 0 Å². The van der Waals surface area contributed by atoms with Crippen molar-refractivity contribution in [3.63, 3.8) is 0 Å². The zero-order valence-corrected chi connectivity index (χ0v) is 15.8. The highest BCUT2D eigenvalue weighted by molar-refractivity contribution is 7.92. The molecule has 3 aromatic rings. The summed E-state index contributed by atoms with van der Waals surface area (Å²) in [5.74, 6) is 0. The maximum absolute atomic E-state index is 11.5. The number of hydrogen-bond acceptors (Lipinski definition) is 3. The summed E-state index contributed by atoms with van der Waals surface area (Å²) < 4.78 is 25.6. The second-order valence-electron chi connectivity index (χ2n) is 6.75. The molecule has 1 aliphatic carbocycles. The van der Waals surface area contributed by atoms with Gasteiger partial charge < -0.3 is 0 Å². The van der Waals surface area contributed by atoms with E-state index in [0.29, 0.717) is 5.69 Å². The highest BCUT2D eigenvalue weighted by Crippen LogP contribution is 2.34. The van der Waals surface area contributed by atoms with Gasteiger partial charge in [0.15, 0.2) is 0 Å². The Kier molecular flexibility index (Phi) is 4.54. The Balaban J connectivity index is 1.87. The van der Waals surface area contributed by atoms with Crippen LogP contribution in [0, 0.1) is 0 Å². The summed E-state index contributed by atoms with van der Waals surface area (Å²) in [5.41, 5.74) is 7.52. The third kappa shape index (κ3) is 3.93. The third-order valence-electron chi connectivity index (χ3n) is 4.67. The molecular formula is C22H20N2O2S. The highest BCUT2D eigenvalue weighted by atomic mass is 32.2. The van der Waals surface area contributed by atoms with Crippen LogP contribution in [0.4, 0.5) is 5.69 Å². The number of fused-ring (bicyclic) bond motifs is 2. The van der Waals surface area contributed by atoms with E-state index in [9.17, 15) is 8.42 Å². The summed E-state index contributed by atoms with van der Waals surface area (Å²) >= 11 is 0. The Bertz CT molecular complexity index is 1080. The predicted molar refractivity (Wildman–Crippen MR) is 110 cm³/mol. The van der Waals surface area contributed by atoms with Crippen LogP contribution in [-0.4, -0.2) is 19.7 Å². The number of nitrogens with one attached hydrogen (secondary N) is 1. The molecule has 0 aliphatic heterocycles. The van der Waals surface area contributed by atoms with Gasteiger partial charge in [-0.2, -0.15) is 0 Å². The van der Waals surface area contributed by atoms with Crippen molar-refractivity contribution in [2.45, 2.75) is 12.8 Å². The topological polar surface area (TPSA) is 59.1 Å². The maximum atomic E-state index is 11.5. The van der Waals surface area contributed by atoms with Crippen molar-refractivity contribution in [2.24, 2.45) is 0 Å². The van der Waals surface area contributed by atoms with Gasteiger partial charge >= 0.3 is 0 Å². The summed E-state index contributed by atoms with van der Waals surface area (Å²) in [5, 5.41) is 0. The van der Waals surface area contributed by atoms with Gasteiger partial charge in [-0.1, -0.05) is 36.4 Å². The van der Waals surface area contributed by atoms with E-state index < -0.39 is 10.0 Å². The number of sulfonamides is 1. The van der Waals surface area contributed by atoms with Crippen molar-refractivity contribution in [3.8, 4) is 0 Å². The molecule has 2 aromatic carbocycles. The molecule has 0 fully saturated rings. The predicted octanol–water partition coefficient (Wildman–Crippen LogP) is 4.14. The first kappa shape index (κ1) is 17.5. The molecule has 0 atom stereocenters. The zero-order chi connectivity index (χ0) is 18.9. The van der Waals surface area contributed by atoms with Gasteiger partial charge in [-0.15, -0.1) is 0 Å². The summed E-state index contributed by atoms with van der Waals surface area (Å²) in [6, 6.07) is 17.9. The molecule has 0 bridgehead atoms. The van der Waals surface area contributed by atoms with E-state index in [1.165, 1.54) is 16.7 Å². The Hall–Kier alpha value is -2.92. The normalized spacial score (nSPS) is 14.9. The van der Waals surface area contributed by atoms with E-state index in [2.05, 4.69) is 46.1 Å². The summed E-state index contributed by atoms with van der Waals surface area (Å²) in [4.78, 5) is 4.34. The fourth-order valence-corrected chi connectivity index (χ4v) is 4.08. The second-order valence-corrected chi connectivity index (χ2v) is 8.50. The van der Waals surface area contributed by atoms with Gasteiger partial charge in [-0.05, 0) is 64.9 Å². The molecule has 0 saturated carbocycles. The molecule has 1 heterocycles. The minimum Gasteiger partial charge on any atom is -0.284 e. The smallest absolute Gasteiger partial charge is 0.229 e. The molecule has 1 N–H and O–H groups in total. The first-order valence-corrected chi connectivity index (χ1v) is 10.7. The number of anilines is 1. The van der Waals surface area contributed by atoms with Crippen LogP contribution in [0.15, 0.2) is 67.0 Å². The monoisotopic (exact) mass is 376 g/mol. The van der Waals surface area contributed by atoms with Crippen molar-refractivity contribution in [2.75, 3.05) is 11.0 Å². The lowest BCUT2D eigenvalue weighted by Crippen LogP contribution is -2.09. The lowest BCUT2D eigenvalue weighted by Gasteiger charge is -2.12. The van der Waals surface area contributed by atoms with Gasteiger partial charge in [0.05, 0.1) is 6.26 Å². The first-order valence-electron chi connectivity index (χ1n) is 8.81. The van der Waals surface area contributed by atoms with Crippen LogP contribution < -0.4 is 4.72 Å². The van der Waals surface area contributed by atoms with Gasteiger partial charge in [0.25, 0.3) is 0 Å². The second kappa shape index (κ2) is 7.00. The molecule has 136 valence electrons. The molecule has 27 heavy (non-hydrogen) atoms. The van der Waals surface area contributed by atoms with E-state index in [1.54, 1.807) is 6.07 Å². The quantitative estimate of drug-likeness (QED) is 0.747. The molecular weight excluding hydrogens is 356 g/mol. The number of hydrogen-bond donors (Lipinski definition) is 1. The van der Waals surface area contributed by atoms with Crippen LogP contribution >= 0.6 is 0 Å². The lowest BCUT2D eigenvalue weighted by molar-refractivity contribution is 0.607. The Morgan fingerprint density at radius 2 is 1.74 bits per heavy atom. The number of aromatic nitrogens is 1. The fraction of sp³-hybridized carbons (Fsp3) is 0.136. The van der Waals surface area contributed by atoms with Crippen molar-refractivity contribution in [3.05, 3.63) is 94.8 Å². The average molecular weight is 376 g/mol. The molecule has 1 aromatic heterocycles. The van der Waals surface area contributed by atoms with E-state index in [0.717, 1.165) is 35.8 Å². The molecule has 4 nitrogen and oxygen atoms in total. The number of benzene rings is 2. The van der Waals surface area contributed by atoms with Crippen LogP contribution in [0.25, 0.3) is 11.6 Å². The van der Waals surface area contributed by atoms with Gasteiger partial charge in [0.1, 0.15) is 0 Å². The zero-order valence-electron chi connectivity index (χ0n) is 15.0. The standard InChI is InChI=1S/C22H20N2O2S/c1-27(25,26)24-19-7-4-5-16(13-19)14-21-20-8-3-2-6-17(20)9-10-18-11-12-23-15-22(18)21/h2-8,11-15,24H,9-10H2,1H3. The molecule has 4 rings (SSSR count). The summed E-state index contributed by atoms with van der Waals surface area (Å²) in [6.07, 6.45) is 8.98. The molecule has 5 heteroatoms. The third-order valence-corrected chi connectivity index (χ3v) is 5.28. The van der Waals surface area contributed by atoms with E-state index in [-0.39, 0.29) is 0 Å². The number of aryl methyl sites for hydroxylation is 2. The molecule has 0 saturated heterocycles.